The largest absolute Gasteiger partial charge is 0.336 e. The number of hydrogen-bond donors (Lipinski definition) is 0. The maximum Gasteiger partial charge on any atom is 0.224 e. The van der Waals surface area contributed by atoms with E-state index in [9.17, 15) is 9.18 Å². The summed E-state index contributed by atoms with van der Waals surface area (Å²) >= 11 is 0. The van der Waals surface area contributed by atoms with Gasteiger partial charge in [0, 0.05) is 13.0 Å². The zero-order chi connectivity index (χ0) is 12.3. The number of allylic oxidation sites excluding steroid dienone is 2. The highest BCUT2D eigenvalue weighted by molar-refractivity contribution is 5.77. The molecule has 1 saturated heterocycles. The fraction of sp³-hybridized carbons (Fsp3) is 0.538. The van der Waals surface area contributed by atoms with Crippen molar-refractivity contribution in [2.24, 2.45) is 5.92 Å². The van der Waals surface area contributed by atoms with E-state index in [0.717, 1.165) is 12.8 Å². The Morgan fingerprint density at radius 3 is 3.00 bits per heavy atom. The Bertz CT molecular complexity index is 408. The van der Waals surface area contributed by atoms with Gasteiger partial charge in [0.1, 0.15) is 5.83 Å². The minimum absolute atomic E-state index is 0.0133. The quantitative estimate of drug-likeness (QED) is 0.698. The molecule has 4 heteroatoms. The first-order valence-electron chi connectivity index (χ1n) is 5.93. The molecule has 3 nitrogen and oxygen atoms in total. The van der Waals surface area contributed by atoms with Crippen LogP contribution in [0.25, 0.3) is 0 Å². The van der Waals surface area contributed by atoms with Crippen LogP contribution < -0.4 is 0 Å². The van der Waals surface area contributed by atoms with Crippen LogP contribution in [0.15, 0.2) is 24.1 Å². The van der Waals surface area contributed by atoms with Gasteiger partial charge in [-0.15, -0.1) is 0 Å². The fourth-order valence-electron chi connectivity index (χ4n) is 2.34. The third-order valence-electron chi connectivity index (χ3n) is 3.31. The molecule has 0 bridgehead atoms. The molecule has 0 radical (unpaired) electrons. The van der Waals surface area contributed by atoms with Crippen LogP contribution in [0.5, 0.6) is 0 Å². The highest BCUT2D eigenvalue weighted by atomic mass is 19.1. The molecule has 1 aliphatic heterocycles. The lowest BCUT2D eigenvalue weighted by molar-refractivity contribution is -0.132. The second-order valence-electron chi connectivity index (χ2n) is 4.51. The van der Waals surface area contributed by atoms with Crippen molar-refractivity contribution in [3.05, 3.63) is 24.1 Å². The Kier molecular flexibility index (Phi) is 3.58. The highest BCUT2D eigenvalue weighted by Crippen LogP contribution is 2.23. The number of nitrogens with zero attached hydrogens (tertiary/aromatic N) is 2. The predicted molar refractivity (Wildman–Crippen MR) is 61.4 cm³/mol. The van der Waals surface area contributed by atoms with Crippen LogP contribution in [-0.2, 0) is 4.79 Å². The lowest BCUT2D eigenvalue weighted by atomic mass is 10.0. The summed E-state index contributed by atoms with van der Waals surface area (Å²) in [5.74, 6) is -0.384. The molecule has 0 spiro atoms. The molecular weight excluding hydrogens is 219 g/mol. The van der Waals surface area contributed by atoms with Crippen LogP contribution in [0, 0.1) is 17.2 Å². The minimum Gasteiger partial charge on any atom is -0.336 e. The van der Waals surface area contributed by atoms with E-state index in [1.165, 1.54) is 12.2 Å². The van der Waals surface area contributed by atoms with E-state index >= 15 is 0 Å². The maximum absolute atomic E-state index is 12.8. The average molecular weight is 234 g/mol. The number of amides is 1. The molecule has 0 aromatic heterocycles. The molecule has 0 aromatic carbocycles. The number of hydrogen-bond acceptors (Lipinski definition) is 2. The summed E-state index contributed by atoms with van der Waals surface area (Å²) in [6, 6.07) is 2.13. The molecule has 17 heavy (non-hydrogen) atoms. The van der Waals surface area contributed by atoms with Crippen LogP contribution in [-0.4, -0.2) is 23.4 Å². The minimum atomic E-state index is -0.238. The summed E-state index contributed by atoms with van der Waals surface area (Å²) in [5.41, 5.74) is 0. The molecule has 2 atom stereocenters. The standard InChI is InChI=1S/C13H15FN2O/c14-11-3-5-12(6-4-11)16-7-1-2-10(9-15)8-13(16)17/h3-5,10,12H,1-2,6-8H2. The summed E-state index contributed by atoms with van der Waals surface area (Å²) in [5, 5.41) is 8.87. The highest BCUT2D eigenvalue weighted by Gasteiger charge is 2.27. The zero-order valence-electron chi connectivity index (χ0n) is 9.60. The number of rotatable bonds is 1. The number of nitriles is 1. The van der Waals surface area contributed by atoms with E-state index in [4.69, 9.17) is 5.26 Å². The first-order chi connectivity index (χ1) is 8.20. The van der Waals surface area contributed by atoms with Crippen LogP contribution in [0.1, 0.15) is 25.7 Å². The smallest absolute Gasteiger partial charge is 0.224 e. The zero-order valence-corrected chi connectivity index (χ0v) is 9.60. The van der Waals surface area contributed by atoms with Gasteiger partial charge in [-0.1, -0.05) is 6.08 Å². The topological polar surface area (TPSA) is 44.1 Å². The lowest BCUT2D eigenvalue weighted by Crippen LogP contribution is -2.39. The molecule has 90 valence electrons. The average Bonchev–Trinajstić information content (AvgIpc) is 2.52. The molecule has 1 amide bonds. The molecule has 2 unspecified atom stereocenters. The Labute approximate surface area is 100 Å². The van der Waals surface area contributed by atoms with E-state index in [1.54, 1.807) is 11.0 Å². The van der Waals surface area contributed by atoms with Gasteiger partial charge in [0.25, 0.3) is 0 Å². The van der Waals surface area contributed by atoms with Gasteiger partial charge >= 0.3 is 0 Å². The van der Waals surface area contributed by atoms with Crippen LogP contribution in [0.2, 0.25) is 0 Å². The molecule has 2 aliphatic rings. The number of carbonyl (C=O) groups excluding carboxylic acids is 1. The Balaban J connectivity index is 2.04. The van der Waals surface area contributed by atoms with Crippen LogP contribution in [0.3, 0.4) is 0 Å². The molecule has 0 aromatic rings. The molecular formula is C13H15FN2O. The molecule has 1 aliphatic carbocycles. The Hall–Kier alpha value is -1.63. The summed E-state index contributed by atoms with van der Waals surface area (Å²) < 4.78 is 12.8. The van der Waals surface area contributed by atoms with E-state index in [-0.39, 0.29) is 23.7 Å². The maximum atomic E-state index is 12.8. The van der Waals surface area contributed by atoms with Gasteiger partial charge in [-0.25, -0.2) is 4.39 Å². The summed E-state index contributed by atoms with van der Waals surface area (Å²) in [7, 11) is 0. The fourth-order valence-corrected chi connectivity index (χ4v) is 2.34. The van der Waals surface area contributed by atoms with Crippen LogP contribution >= 0.6 is 0 Å². The predicted octanol–water partition coefficient (Wildman–Crippen LogP) is 2.32. The van der Waals surface area contributed by atoms with Gasteiger partial charge in [-0.05, 0) is 31.4 Å². The Morgan fingerprint density at radius 2 is 2.35 bits per heavy atom. The van der Waals surface area contributed by atoms with Crippen molar-refractivity contribution in [3.8, 4) is 6.07 Å². The van der Waals surface area contributed by atoms with Crippen molar-refractivity contribution in [2.45, 2.75) is 31.7 Å². The summed E-state index contributed by atoms with van der Waals surface area (Å²) in [6.45, 7) is 0.668. The first kappa shape index (κ1) is 11.8. The molecule has 1 heterocycles. The van der Waals surface area contributed by atoms with Crippen molar-refractivity contribution >= 4 is 5.91 Å². The van der Waals surface area contributed by atoms with E-state index in [0.29, 0.717) is 19.4 Å². The molecule has 0 N–H and O–H groups in total. The van der Waals surface area contributed by atoms with Crippen molar-refractivity contribution in [2.75, 3.05) is 6.54 Å². The number of likely N-dealkylation sites (tertiary alicyclic amines) is 1. The summed E-state index contributed by atoms with van der Waals surface area (Å²) in [6.07, 6.45) is 7.11. The third-order valence-corrected chi connectivity index (χ3v) is 3.31. The molecule has 0 saturated carbocycles. The van der Waals surface area contributed by atoms with E-state index in [1.807, 2.05) is 0 Å². The lowest BCUT2D eigenvalue weighted by Gasteiger charge is -2.29. The normalized spacial score (nSPS) is 29.5. The van der Waals surface area contributed by atoms with Crippen molar-refractivity contribution in [3.63, 3.8) is 0 Å². The van der Waals surface area contributed by atoms with Gasteiger partial charge in [0.15, 0.2) is 0 Å². The molecule has 2 rings (SSSR count). The van der Waals surface area contributed by atoms with Crippen LogP contribution in [0.4, 0.5) is 4.39 Å². The van der Waals surface area contributed by atoms with Gasteiger partial charge in [0.05, 0.1) is 18.0 Å². The van der Waals surface area contributed by atoms with E-state index in [2.05, 4.69) is 6.07 Å². The number of halogens is 1. The van der Waals surface area contributed by atoms with Gasteiger partial charge in [-0.3, -0.25) is 4.79 Å². The second-order valence-corrected chi connectivity index (χ2v) is 4.51. The first-order valence-corrected chi connectivity index (χ1v) is 5.93. The number of carbonyl (C=O) groups is 1. The summed E-state index contributed by atoms with van der Waals surface area (Å²) in [4.78, 5) is 13.8. The van der Waals surface area contributed by atoms with Gasteiger partial charge in [-0.2, -0.15) is 5.26 Å². The van der Waals surface area contributed by atoms with E-state index < -0.39 is 0 Å². The Morgan fingerprint density at radius 1 is 1.53 bits per heavy atom. The van der Waals surface area contributed by atoms with Gasteiger partial charge < -0.3 is 4.90 Å². The van der Waals surface area contributed by atoms with Crippen molar-refractivity contribution < 1.29 is 9.18 Å². The second kappa shape index (κ2) is 5.13. The SMILES string of the molecule is N#CC1CCCN(C2C=CC(F)=CC2)C(=O)C1. The third kappa shape index (κ3) is 2.73. The molecule has 1 fully saturated rings. The van der Waals surface area contributed by atoms with Crippen molar-refractivity contribution in [1.29, 1.82) is 5.26 Å². The van der Waals surface area contributed by atoms with Gasteiger partial charge in [0.2, 0.25) is 5.91 Å². The monoisotopic (exact) mass is 234 g/mol. The van der Waals surface area contributed by atoms with Crippen molar-refractivity contribution in [1.82, 2.24) is 4.90 Å².